The Labute approximate surface area is 60.9 Å². The number of carbonyl (C=O) groups is 1. The SMILES string of the molecule is CC/C(C)=C/C=C/C(=O)O. The summed E-state index contributed by atoms with van der Waals surface area (Å²) in [4.78, 5) is 9.95. The first-order chi connectivity index (χ1) is 4.66. The Morgan fingerprint density at radius 3 is 2.60 bits per heavy atom. The van der Waals surface area contributed by atoms with E-state index in [1.165, 1.54) is 5.57 Å². The number of aliphatic carboxylic acids is 1. The number of allylic oxidation sites excluding steroid dienone is 3. The van der Waals surface area contributed by atoms with Crippen molar-refractivity contribution in [2.45, 2.75) is 20.3 Å². The Balaban J connectivity index is 3.82. The highest BCUT2D eigenvalue weighted by molar-refractivity contribution is 5.80. The standard InChI is InChI=1S/C8H12O2/c1-3-7(2)5-4-6-8(9)10/h4-6H,3H2,1-2H3,(H,9,10)/b6-4+,7-5+. The van der Waals surface area contributed by atoms with Gasteiger partial charge in [0.25, 0.3) is 0 Å². The van der Waals surface area contributed by atoms with Crippen LogP contribution in [0.2, 0.25) is 0 Å². The molecule has 0 fully saturated rings. The van der Waals surface area contributed by atoms with Gasteiger partial charge in [0.15, 0.2) is 0 Å². The van der Waals surface area contributed by atoms with Crippen molar-refractivity contribution in [2.75, 3.05) is 0 Å². The monoisotopic (exact) mass is 140 g/mol. The van der Waals surface area contributed by atoms with E-state index in [0.717, 1.165) is 12.5 Å². The number of hydrogen-bond acceptors (Lipinski definition) is 1. The molecule has 0 aliphatic heterocycles. The fraction of sp³-hybridized carbons (Fsp3) is 0.375. The van der Waals surface area contributed by atoms with Crippen LogP contribution in [-0.2, 0) is 4.79 Å². The smallest absolute Gasteiger partial charge is 0.328 e. The zero-order chi connectivity index (χ0) is 7.98. The van der Waals surface area contributed by atoms with Crippen molar-refractivity contribution >= 4 is 5.97 Å². The number of carboxylic acids is 1. The second-order valence-corrected chi connectivity index (χ2v) is 2.06. The Bertz CT molecular complexity index is 166. The van der Waals surface area contributed by atoms with E-state index in [9.17, 15) is 4.79 Å². The van der Waals surface area contributed by atoms with E-state index in [-0.39, 0.29) is 0 Å². The minimum Gasteiger partial charge on any atom is -0.478 e. The molecule has 0 aromatic heterocycles. The molecule has 10 heavy (non-hydrogen) atoms. The van der Waals surface area contributed by atoms with Gasteiger partial charge in [-0.05, 0) is 13.3 Å². The highest BCUT2D eigenvalue weighted by Crippen LogP contribution is 1.96. The minimum absolute atomic E-state index is 0.903. The molecule has 0 spiro atoms. The topological polar surface area (TPSA) is 37.3 Å². The fourth-order valence-corrected chi connectivity index (χ4v) is 0.413. The van der Waals surface area contributed by atoms with E-state index in [1.54, 1.807) is 12.2 Å². The van der Waals surface area contributed by atoms with Crippen LogP contribution in [0.15, 0.2) is 23.8 Å². The first kappa shape index (κ1) is 8.95. The van der Waals surface area contributed by atoms with Crippen LogP contribution in [0.3, 0.4) is 0 Å². The van der Waals surface area contributed by atoms with Crippen molar-refractivity contribution in [3.05, 3.63) is 23.8 Å². The normalized spacial score (nSPS) is 12.4. The van der Waals surface area contributed by atoms with Crippen molar-refractivity contribution in [3.63, 3.8) is 0 Å². The van der Waals surface area contributed by atoms with E-state index in [2.05, 4.69) is 0 Å². The molecule has 0 saturated heterocycles. The predicted molar refractivity (Wildman–Crippen MR) is 40.8 cm³/mol. The summed E-state index contributed by atoms with van der Waals surface area (Å²) >= 11 is 0. The third-order valence-electron chi connectivity index (χ3n) is 1.18. The summed E-state index contributed by atoms with van der Waals surface area (Å²) < 4.78 is 0. The average molecular weight is 140 g/mol. The molecule has 0 aromatic rings. The maximum absolute atomic E-state index is 9.95. The van der Waals surface area contributed by atoms with E-state index < -0.39 is 5.97 Å². The molecule has 0 aromatic carbocycles. The summed E-state index contributed by atoms with van der Waals surface area (Å²) in [5.74, 6) is -0.903. The molecule has 0 amide bonds. The lowest BCUT2D eigenvalue weighted by molar-refractivity contribution is -0.131. The molecule has 2 nitrogen and oxygen atoms in total. The summed E-state index contributed by atoms with van der Waals surface area (Å²) in [6.45, 7) is 3.99. The van der Waals surface area contributed by atoms with Crippen molar-refractivity contribution in [1.82, 2.24) is 0 Å². The van der Waals surface area contributed by atoms with Gasteiger partial charge < -0.3 is 5.11 Å². The first-order valence-electron chi connectivity index (χ1n) is 3.23. The highest BCUT2D eigenvalue weighted by Gasteiger charge is 1.82. The molecule has 1 N–H and O–H groups in total. The molecule has 0 saturated carbocycles. The molecule has 0 heterocycles. The molecule has 0 unspecified atom stereocenters. The quantitative estimate of drug-likeness (QED) is 0.480. The fourth-order valence-electron chi connectivity index (χ4n) is 0.413. The number of hydrogen-bond donors (Lipinski definition) is 1. The van der Waals surface area contributed by atoms with Crippen LogP contribution in [0, 0.1) is 0 Å². The van der Waals surface area contributed by atoms with Crippen LogP contribution in [0.25, 0.3) is 0 Å². The first-order valence-corrected chi connectivity index (χ1v) is 3.23. The summed E-state index contributed by atoms with van der Waals surface area (Å²) in [5, 5.41) is 8.18. The molecule has 0 aliphatic rings. The molecule has 0 rings (SSSR count). The maximum Gasteiger partial charge on any atom is 0.328 e. The number of carboxylic acid groups (broad SMARTS) is 1. The molecule has 0 aliphatic carbocycles. The summed E-state index contributed by atoms with van der Waals surface area (Å²) in [5.41, 5.74) is 1.18. The van der Waals surface area contributed by atoms with E-state index in [0.29, 0.717) is 0 Å². The van der Waals surface area contributed by atoms with E-state index in [4.69, 9.17) is 5.11 Å². The van der Waals surface area contributed by atoms with Gasteiger partial charge in [-0.3, -0.25) is 0 Å². The molecule has 0 radical (unpaired) electrons. The highest BCUT2D eigenvalue weighted by atomic mass is 16.4. The minimum atomic E-state index is -0.903. The van der Waals surface area contributed by atoms with Crippen LogP contribution >= 0.6 is 0 Å². The van der Waals surface area contributed by atoms with Gasteiger partial charge >= 0.3 is 5.97 Å². The third-order valence-corrected chi connectivity index (χ3v) is 1.18. The second-order valence-electron chi connectivity index (χ2n) is 2.06. The molecule has 0 atom stereocenters. The van der Waals surface area contributed by atoms with Gasteiger partial charge in [-0.1, -0.05) is 24.6 Å². The maximum atomic E-state index is 9.95. The van der Waals surface area contributed by atoms with Crippen LogP contribution in [-0.4, -0.2) is 11.1 Å². The Kier molecular flexibility index (Phi) is 4.29. The zero-order valence-corrected chi connectivity index (χ0v) is 6.29. The average Bonchev–Trinajstić information content (AvgIpc) is 1.87. The Hall–Kier alpha value is -1.05. The molecule has 2 heteroatoms. The molecular weight excluding hydrogens is 128 g/mol. The van der Waals surface area contributed by atoms with Crippen LogP contribution < -0.4 is 0 Å². The van der Waals surface area contributed by atoms with Gasteiger partial charge in [0, 0.05) is 6.08 Å². The lowest BCUT2D eigenvalue weighted by atomic mass is 10.2. The van der Waals surface area contributed by atoms with Gasteiger partial charge in [-0.2, -0.15) is 0 Å². The lowest BCUT2D eigenvalue weighted by Gasteiger charge is -1.87. The summed E-state index contributed by atoms with van der Waals surface area (Å²) in [6, 6.07) is 0. The summed E-state index contributed by atoms with van der Waals surface area (Å²) in [7, 11) is 0. The van der Waals surface area contributed by atoms with Gasteiger partial charge in [-0.15, -0.1) is 0 Å². The van der Waals surface area contributed by atoms with Gasteiger partial charge in [0.2, 0.25) is 0 Å². The molecular formula is C8H12O2. The largest absolute Gasteiger partial charge is 0.478 e. The Morgan fingerprint density at radius 1 is 1.60 bits per heavy atom. The van der Waals surface area contributed by atoms with Crippen LogP contribution in [0.5, 0.6) is 0 Å². The third kappa shape index (κ3) is 5.09. The van der Waals surface area contributed by atoms with Gasteiger partial charge in [0.1, 0.15) is 0 Å². The van der Waals surface area contributed by atoms with Gasteiger partial charge in [0.05, 0.1) is 0 Å². The zero-order valence-electron chi connectivity index (χ0n) is 6.29. The van der Waals surface area contributed by atoms with Crippen molar-refractivity contribution in [3.8, 4) is 0 Å². The van der Waals surface area contributed by atoms with Crippen molar-refractivity contribution in [1.29, 1.82) is 0 Å². The second kappa shape index (κ2) is 4.79. The van der Waals surface area contributed by atoms with E-state index >= 15 is 0 Å². The molecule has 56 valence electrons. The van der Waals surface area contributed by atoms with Crippen molar-refractivity contribution < 1.29 is 9.90 Å². The predicted octanol–water partition coefficient (Wildman–Crippen LogP) is 1.98. The lowest BCUT2D eigenvalue weighted by Crippen LogP contribution is -1.84. The van der Waals surface area contributed by atoms with Gasteiger partial charge in [-0.25, -0.2) is 4.79 Å². The molecule has 0 bridgehead atoms. The van der Waals surface area contributed by atoms with E-state index in [1.807, 2.05) is 13.8 Å². The van der Waals surface area contributed by atoms with Crippen LogP contribution in [0.1, 0.15) is 20.3 Å². The van der Waals surface area contributed by atoms with Crippen LogP contribution in [0.4, 0.5) is 0 Å². The van der Waals surface area contributed by atoms with Crippen molar-refractivity contribution in [2.24, 2.45) is 0 Å². The summed E-state index contributed by atoms with van der Waals surface area (Å²) in [6.07, 6.45) is 5.43. The number of rotatable bonds is 3. The Morgan fingerprint density at radius 2 is 2.20 bits per heavy atom.